The molecule has 0 spiro atoms. The first-order chi connectivity index (χ1) is 14.7. The molecule has 2 aliphatic carbocycles. The molecule has 6 rings (SSSR count). The molecule has 4 atom stereocenters. The third kappa shape index (κ3) is 3.03. The summed E-state index contributed by atoms with van der Waals surface area (Å²) in [4.78, 5) is 5.11. The highest BCUT2D eigenvalue weighted by Gasteiger charge is 2.34. The fourth-order valence-corrected chi connectivity index (χ4v) is 6.63. The Hall–Kier alpha value is -1.78. The summed E-state index contributed by atoms with van der Waals surface area (Å²) < 4.78 is 12.6. The van der Waals surface area contributed by atoms with Gasteiger partial charge in [0.25, 0.3) is 0 Å². The highest BCUT2D eigenvalue weighted by molar-refractivity contribution is 5.94. The average molecular weight is 407 g/mol. The maximum atomic E-state index is 6.42. The number of rotatable bonds is 2. The van der Waals surface area contributed by atoms with Gasteiger partial charge >= 0.3 is 0 Å². The Morgan fingerprint density at radius 3 is 2.10 bits per heavy atom. The molecule has 0 bridgehead atoms. The molecule has 30 heavy (non-hydrogen) atoms. The molecule has 0 radical (unpaired) electrons. The van der Waals surface area contributed by atoms with Crippen LogP contribution < -0.4 is 9.47 Å². The first-order valence-electron chi connectivity index (χ1n) is 12.0. The standard InChI is InChI=1S/C26H34N2O2/c1-17-5-3-7-23(17)27-13-19-9-10-20-21(26(19)30-16-27)11-12-25-22(20)14-28(15-29-25)24-8-4-6-18(24)2/h9-12,17-18,23-24H,3-8,13-16H2,1-2H3/t17?,18-,23?,24-/m1/s1. The van der Waals surface area contributed by atoms with Crippen LogP contribution in [-0.4, -0.2) is 35.3 Å². The molecular formula is C26H34N2O2. The zero-order valence-corrected chi connectivity index (χ0v) is 18.4. The van der Waals surface area contributed by atoms with Gasteiger partial charge in [-0.25, -0.2) is 0 Å². The normalized spacial score (nSPS) is 31.9. The van der Waals surface area contributed by atoms with Crippen LogP contribution in [0, 0.1) is 11.8 Å². The molecular weight excluding hydrogens is 372 g/mol. The van der Waals surface area contributed by atoms with Crippen molar-refractivity contribution in [1.29, 1.82) is 0 Å². The average Bonchev–Trinajstić information content (AvgIpc) is 3.40. The van der Waals surface area contributed by atoms with Crippen molar-refractivity contribution in [3.63, 3.8) is 0 Å². The lowest BCUT2D eigenvalue weighted by molar-refractivity contribution is 0.0430. The highest BCUT2D eigenvalue weighted by atomic mass is 16.5. The molecule has 2 fully saturated rings. The maximum Gasteiger partial charge on any atom is 0.142 e. The van der Waals surface area contributed by atoms with Gasteiger partial charge in [-0.3, -0.25) is 9.80 Å². The SMILES string of the molecule is CC1CCCC1N1COc2c(ccc3c4c(ccc23)OCN([C@@H]2CCC[C@H]2C)C4)C1. The van der Waals surface area contributed by atoms with Gasteiger partial charge in [0, 0.05) is 41.7 Å². The topological polar surface area (TPSA) is 24.9 Å². The van der Waals surface area contributed by atoms with E-state index < -0.39 is 0 Å². The molecule has 0 N–H and O–H groups in total. The Morgan fingerprint density at radius 2 is 1.40 bits per heavy atom. The van der Waals surface area contributed by atoms with Crippen molar-refractivity contribution < 1.29 is 9.47 Å². The van der Waals surface area contributed by atoms with E-state index in [1.807, 2.05) is 0 Å². The van der Waals surface area contributed by atoms with Gasteiger partial charge in [0.2, 0.25) is 0 Å². The summed E-state index contributed by atoms with van der Waals surface area (Å²) in [5.74, 6) is 3.71. The molecule has 2 aromatic carbocycles. The summed E-state index contributed by atoms with van der Waals surface area (Å²) in [7, 11) is 0. The lowest BCUT2D eigenvalue weighted by Crippen LogP contribution is -2.42. The fourth-order valence-electron chi connectivity index (χ4n) is 6.63. The highest BCUT2D eigenvalue weighted by Crippen LogP contribution is 2.42. The molecule has 0 amide bonds. The van der Waals surface area contributed by atoms with Crippen molar-refractivity contribution >= 4 is 10.8 Å². The second kappa shape index (κ2) is 7.42. The predicted octanol–water partition coefficient (Wildman–Crippen LogP) is 5.52. The molecule has 2 heterocycles. The first-order valence-corrected chi connectivity index (χ1v) is 12.0. The number of benzene rings is 2. The van der Waals surface area contributed by atoms with E-state index in [0.717, 1.165) is 49.9 Å². The minimum atomic E-state index is 0.657. The van der Waals surface area contributed by atoms with Gasteiger partial charge < -0.3 is 9.47 Å². The Balaban J connectivity index is 1.32. The number of hydrogen-bond acceptors (Lipinski definition) is 4. The molecule has 4 nitrogen and oxygen atoms in total. The number of fused-ring (bicyclic) bond motifs is 5. The van der Waals surface area contributed by atoms with Gasteiger partial charge in [-0.2, -0.15) is 0 Å². The second-order valence-corrected chi connectivity index (χ2v) is 10.2. The zero-order chi connectivity index (χ0) is 20.2. The molecule has 4 aliphatic rings. The summed E-state index contributed by atoms with van der Waals surface area (Å²) in [5, 5.41) is 2.57. The molecule has 160 valence electrons. The molecule has 4 heteroatoms. The van der Waals surface area contributed by atoms with Crippen molar-refractivity contribution in [2.24, 2.45) is 11.8 Å². The minimum absolute atomic E-state index is 0.657. The Labute approximate surface area is 180 Å². The maximum absolute atomic E-state index is 6.42. The van der Waals surface area contributed by atoms with Crippen molar-refractivity contribution in [3.8, 4) is 11.5 Å². The Morgan fingerprint density at radius 1 is 0.733 bits per heavy atom. The first kappa shape index (κ1) is 18.9. The van der Waals surface area contributed by atoms with E-state index in [4.69, 9.17) is 9.47 Å². The van der Waals surface area contributed by atoms with Crippen LogP contribution in [0.4, 0.5) is 0 Å². The molecule has 0 aromatic heterocycles. The fraction of sp³-hybridized carbons (Fsp3) is 0.615. The van der Waals surface area contributed by atoms with Gasteiger partial charge in [0.1, 0.15) is 25.0 Å². The number of nitrogens with zero attached hydrogens (tertiary/aromatic N) is 2. The van der Waals surface area contributed by atoms with Crippen LogP contribution in [0.5, 0.6) is 11.5 Å². The molecule has 0 saturated heterocycles. The Bertz CT molecular complexity index is 958. The summed E-state index contributed by atoms with van der Waals surface area (Å²) in [6.45, 7) is 8.25. The van der Waals surface area contributed by atoms with Crippen LogP contribution in [0.1, 0.15) is 63.5 Å². The third-order valence-electron chi connectivity index (χ3n) is 8.37. The lowest BCUT2D eigenvalue weighted by atomic mass is 9.96. The third-order valence-corrected chi connectivity index (χ3v) is 8.37. The Kier molecular flexibility index (Phi) is 4.69. The zero-order valence-electron chi connectivity index (χ0n) is 18.4. The van der Waals surface area contributed by atoms with Crippen LogP contribution in [0.2, 0.25) is 0 Å². The number of hydrogen-bond donors (Lipinski definition) is 0. The van der Waals surface area contributed by atoms with E-state index in [1.165, 1.54) is 60.4 Å². The summed E-state index contributed by atoms with van der Waals surface area (Å²) in [6.07, 6.45) is 8.03. The van der Waals surface area contributed by atoms with Crippen LogP contribution in [0.15, 0.2) is 24.3 Å². The van der Waals surface area contributed by atoms with Gasteiger partial charge in [-0.05, 0) is 55.0 Å². The van der Waals surface area contributed by atoms with Crippen molar-refractivity contribution in [3.05, 3.63) is 35.4 Å². The minimum Gasteiger partial charge on any atom is -0.478 e. The van der Waals surface area contributed by atoms with Gasteiger partial charge in [0.15, 0.2) is 0 Å². The van der Waals surface area contributed by atoms with E-state index in [0.29, 0.717) is 12.1 Å². The molecule has 2 saturated carbocycles. The van der Waals surface area contributed by atoms with Crippen molar-refractivity contribution in [2.45, 2.75) is 77.5 Å². The lowest BCUT2D eigenvalue weighted by Gasteiger charge is -2.37. The molecule has 2 aliphatic heterocycles. The summed E-state index contributed by atoms with van der Waals surface area (Å²) in [6, 6.07) is 10.3. The van der Waals surface area contributed by atoms with Crippen LogP contribution >= 0.6 is 0 Å². The number of ether oxygens (including phenoxy) is 2. The van der Waals surface area contributed by atoms with Crippen molar-refractivity contribution in [2.75, 3.05) is 13.5 Å². The van der Waals surface area contributed by atoms with E-state index >= 15 is 0 Å². The summed E-state index contributed by atoms with van der Waals surface area (Å²) >= 11 is 0. The molecule has 2 unspecified atom stereocenters. The van der Waals surface area contributed by atoms with Gasteiger partial charge in [0.05, 0.1) is 0 Å². The second-order valence-electron chi connectivity index (χ2n) is 10.2. The van der Waals surface area contributed by atoms with Crippen LogP contribution in [0.3, 0.4) is 0 Å². The largest absolute Gasteiger partial charge is 0.478 e. The summed E-state index contributed by atoms with van der Waals surface area (Å²) in [5.41, 5.74) is 2.68. The van der Waals surface area contributed by atoms with Crippen LogP contribution in [0.25, 0.3) is 10.8 Å². The van der Waals surface area contributed by atoms with Gasteiger partial charge in [-0.15, -0.1) is 0 Å². The molecule has 2 aromatic rings. The van der Waals surface area contributed by atoms with Gasteiger partial charge in [-0.1, -0.05) is 38.8 Å². The smallest absolute Gasteiger partial charge is 0.142 e. The van der Waals surface area contributed by atoms with Crippen LogP contribution in [-0.2, 0) is 13.1 Å². The quantitative estimate of drug-likeness (QED) is 0.655. The van der Waals surface area contributed by atoms with E-state index in [9.17, 15) is 0 Å². The van der Waals surface area contributed by atoms with E-state index in [1.54, 1.807) is 0 Å². The van der Waals surface area contributed by atoms with Crippen molar-refractivity contribution in [1.82, 2.24) is 9.80 Å². The van der Waals surface area contributed by atoms with E-state index in [2.05, 4.69) is 47.9 Å². The van der Waals surface area contributed by atoms with E-state index in [-0.39, 0.29) is 0 Å². The predicted molar refractivity (Wildman–Crippen MR) is 120 cm³/mol. The monoisotopic (exact) mass is 406 g/mol.